The maximum atomic E-state index is 4.73. The number of fused-ring (bicyclic) bond motifs is 1. The predicted octanol–water partition coefficient (Wildman–Crippen LogP) is 2.89. The van der Waals surface area contributed by atoms with E-state index in [4.69, 9.17) is 4.98 Å². The summed E-state index contributed by atoms with van der Waals surface area (Å²) in [6.07, 6.45) is 3.62. The van der Waals surface area contributed by atoms with E-state index >= 15 is 0 Å². The zero-order valence-corrected chi connectivity index (χ0v) is 15.5. The van der Waals surface area contributed by atoms with Crippen molar-refractivity contribution < 1.29 is 0 Å². The molecule has 7 nitrogen and oxygen atoms in total. The molecule has 0 radical (unpaired) electrons. The molecule has 0 aliphatic carbocycles. The number of aromatic nitrogens is 5. The van der Waals surface area contributed by atoms with Crippen molar-refractivity contribution in [3.8, 4) is 0 Å². The van der Waals surface area contributed by atoms with Crippen molar-refractivity contribution in [2.45, 2.75) is 33.1 Å². The van der Waals surface area contributed by atoms with Gasteiger partial charge in [-0.25, -0.2) is 15.0 Å². The molecule has 0 aromatic carbocycles. The van der Waals surface area contributed by atoms with Crippen molar-refractivity contribution in [2.75, 3.05) is 23.7 Å². The lowest BCUT2D eigenvalue weighted by Gasteiger charge is -2.18. The molecule has 0 spiro atoms. The Kier molecular flexibility index (Phi) is 4.57. The maximum absolute atomic E-state index is 4.73. The molecule has 0 saturated carbocycles. The third kappa shape index (κ3) is 3.87. The molecule has 0 bridgehead atoms. The van der Waals surface area contributed by atoms with E-state index in [-0.39, 0.29) is 5.41 Å². The standard InChI is InChI=1S/C18H25N7/c1-12-6-7-19-14(10-12)20-8-9-21-15-13-11-22-25(5)16(13)24-17(23-15)18(2,3)4/h6-7,10-11H,8-9H2,1-5H3,(H,19,20)(H,21,23,24). The molecule has 0 saturated heterocycles. The summed E-state index contributed by atoms with van der Waals surface area (Å²) in [6.45, 7) is 9.85. The normalized spacial score (nSPS) is 11.7. The molecule has 7 heteroatoms. The summed E-state index contributed by atoms with van der Waals surface area (Å²) in [5.41, 5.74) is 1.91. The fourth-order valence-corrected chi connectivity index (χ4v) is 2.50. The minimum Gasteiger partial charge on any atom is -0.368 e. The van der Waals surface area contributed by atoms with Crippen LogP contribution in [0.1, 0.15) is 32.2 Å². The van der Waals surface area contributed by atoms with Crippen molar-refractivity contribution in [3.05, 3.63) is 35.9 Å². The lowest BCUT2D eigenvalue weighted by molar-refractivity contribution is 0.547. The molecule has 25 heavy (non-hydrogen) atoms. The topological polar surface area (TPSA) is 80.6 Å². The highest BCUT2D eigenvalue weighted by Gasteiger charge is 2.21. The molecular formula is C18H25N7. The van der Waals surface area contributed by atoms with E-state index in [1.165, 1.54) is 5.56 Å². The Morgan fingerprint density at radius 3 is 2.60 bits per heavy atom. The molecular weight excluding hydrogens is 314 g/mol. The first-order valence-corrected chi connectivity index (χ1v) is 8.45. The third-order valence-corrected chi connectivity index (χ3v) is 3.90. The Hall–Kier alpha value is -2.70. The molecule has 0 aliphatic heterocycles. The zero-order chi connectivity index (χ0) is 18.0. The number of aryl methyl sites for hydroxylation is 2. The van der Waals surface area contributed by atoms with Crippen LogP contribution in [0.15, 0.2) is 24.5 Å². The van der Waals surface area contributed by atoms with E-state index in [0.717, 1.165) is 41.6 Å². The number of rotatable bonds is 5. The van der Waals surface area contributed by atoms with Crippen LogP contribution in [0.5, 0.6) is 0 Å². The number of nitrogens with one attached hydrogen (secondary N) is 2. The summed E-state index contributed by atoms with van der Waals surface area (Å²) in [7, 11) is 1.90. The number of anilines is 2. The second kappa shape index (κ2) is 6.66. The first kappa shape index (κ1) is 17.1. The monoisotopic (exact) mass is 339 g/mol. The maximum Gasteiger partial charge on any atom is 0.163 e. The van der Waals surface area contributed by atoms with Crippen LogP contribution in [0.3, 0.4) is 0 Å². The van der Waals surface area contributed by atoms with Crippen LogP contribution in [0, 0.1) is 6.92 Å². The molecule has 0 amide bonds. The van der Waals surface area contributed by atoms with Crippen molar-refractivity contribution in [1.82, 2.24) is 24.7 Å². The first-order chi connectivity index (χ1) is 11.8. The van der Waals surface area contributed by atoms with Crippen LogP contribution in [0.25, 0.3) is 11.0 Å². The molecule has 0 fully saturated rings. The van der Waals surface area contributed by atoms with Crippen molar-refractivity contribution >= 4 is 22.7 Å². The highest BCUT2D eigenvalue weighted by molar-refractivity contribution is 5.86. The van der Waals surface area contributed by atoms with E-state index in [2.05, 4.69) is 53.4 Å². The van der Waals surface area contributed by atoms with Crippen LogP contribution < -0.4 is 10.6 Å². The largest absolute Gasteiger partial charge is 0.368 e. The van der Waals surface area contributed by atoms with Gasteiger partial charge in [-0.3, -0.25) is 4.68 Å². The van der Waals surface area contributed by atoms with Crippen molar-refractivity contribution in [2.24, 2.45) is 7.05 Å². The van der Waals surface area contributed by atoms with E-state index in [0.29, 0.717) is 0 Å². The number of nitrogens with zero attached hydrogens (tertiary/aromatic N) is 5. The van der Waals surface area contributed by atoms with Crippen LogP contribution in [0.4, 0.5) is 11.6 Å². The fraction of sp³-hybridized carbons (Fsp3) is 0.444. The van der Waals surface area contributed by atoms with Gasteiger partial charge in [0.1, 0.15) is 17.5 Å². The Balaban J connectivity index is 1.74. The van der Waals surface area contributed by atoms with Gasteiger partial charge >= 0.3 is 0 Å². The predicted molar refractivity (Wildman–Crippen MR) is 101 cm³/mol. The minimum absolute atomic E-state index is 0.126. The SMILES string of the molecule is Cc1ccnc(NCCNc2nc(C(C)(C)C)nc3c2cnn3C)c1. The molecule has 132 valence electrons. The highest BCUT2D eigenvalue weighted by Crippen LogP contribution is 2.25. The number of hydrogen-bond donors (Lipinski definition) is 2. The van der Waals surface area contributed by atoms with Crippen LogP contribution in [0.2, 0.25) is 0 Å². The molecule has 0 atom stereocenters. The Bertz CT molecular complexity index is 877. The summed E-state index contributed by atoms with van der Waals surface area (Å²) < 4.78 is 1.78. The third-order valence-electron chi connectivity index (χ3n) is 3.90. The minimum atomic E-state index is -0.126. The highest BCUT2D eigenvalue weighted by atomic mass is 15.3. The summed E-state index contributed by atoms with van der Waals surface area (Å²) in [5.74, 6) is 2.51. The quantitative estimate of drug-likeness (QED) is 0.696. The molecule has 2 N–H and O–H groups in total. The second-order valence-corrected chi connectivity index (χ2v) is 7.22. The van der Waals surface area contributed by atoms with Crippen molar-refractivity contribution in [3.63, 3.8) is 0 Å². The molecule has 0 aliphatic rings. The van der Waals surface area contributed by atoms with Gasteiger partial charge < -0.3 is 10.6 Å². The van der Waals surface area contributed by atoms with Gasteiger partial charge in [0.2, 0.25) is 0 Å². The summed E-state index contributed by atoms with van der Waals surface area (Å²) in [4.78, 5) is 13.7. The smallest absolute Gasteiger partial charge is 0.163 e. The van der Waals surface area contributed by atoms with E-state index < -0.39 is 0 Å². The first-order valence-electron chi connectivity index (χ1n) is 8.45. The van der Waals surface area contributed by atoms with Gasteiger partial charge in [0.05, 0.1) is 11.6 Å². The summed E-state index contributed by atoms with van der Waals surface area (Å²) in [6, 6.07) is 4.01. The second-order valence-electron chi connectivity index (χ2n) is 7.22. The van der Waals surface area contributed by atoms with E-state index in [1.54, 1.807) is 10.9 Å². The Morgan fingerprint density at radius 2 is 1.88 bits per heavy atom. The van der Waals surface area contributed by atoms with Crippen molar-refractivity contribution in [1.29, 1.82) is 0 Å². The molecule has 3 heterocycles. The van der Waals surface area contributed by atoms with Crippen LogP contribution in [-0.4, -0.2) is 37.8 Å². The van der Waals surface area contributed by atoms with E-state index in [1.807, 2.05) is 25.4 Å². The average molecular weight is 339 g/mol. The molecule has 0 unspecified atom stereocenters. The number of pyridine rings is 1. The zero-order valence-electron chi connectivity index (χ0n) is 15.5. The lowest BCUT2D eigenvalue weighted by atomic mass is 9.95. The average Bonchev–Trinajstić information content (AvgIpc) is 2.92. The van der Waals surface area contributed by atoms with Gasteiger partial charge in [-0.05, 0) is 24.6 Å². The number of hydrogen-bond acceptors (Lipinski definition) is 6. The van der Waals surface area contributed by atoms with Gasteiger partial charge in [0.25, 0.3) is 0 Å². The van der Waals surface area contributed by atoms with Gasteiger partial charge in [-0.2, -0.15) is 5.10 Å². The van der Waals surface area contributed by atoms with E-state index in [9.17, 15) is 0 Å². The summed E-state index contributed by atoms with van der Waals surface area (Å²) >= 11 is 0. The van der Waals surface area contributed by atoms with Crippen LogP contribution in [-0.2, 0) is 12.5 Å². The molecule has 3 rings (SSSR count). The lowest BCUT2D eigenvalue weighted by Crippen LogP contribution is -2.20. The van der Waals surface area contributed by atoms with Gasteiger partial charge in [-0.15, -0.1) is 0 Å². The van der Waals surface area contributed by atoms with Crippen LogP contribution >= 0.6 is 0 Å². The summed E-state index contributed by atoms with van der Waals surface area (Å²) in [5, 5.41) is 12.0. The Labute approximate surface area is 147 Å². The molecule has 3 aromatic rings. The van der Waals surface area contributed by atoms with Gasteiger partial charge in [0, 0.05) is 31.7 Å². The van der Waals surface area contributed by atoms with Gasteiger partial charge in [0.15, 0.2) is 5.65 Å². The van der Waals surface area contributed by atoms with Gasteiger partial charge in [-0.1, -0.05) is 20.8 Å². The molecule has 3 aromatic heterocycles. The Morgan fingerprint density at radius 1 is 1.12 bits per heavy atom. The fourth-order valence-electron chi connectivity index (χ4n) is 2.50.